The van der Waals surface area contributed by atoms with E-state index >= 15 is 0 Å². The lowest BCUT2D eigenvalue weighted by Crippen LogP contribution is -2.27. The van der Waals surface area contributed by atoms with Crippen molar-refractivity contribution in [2.45, 2.75) is 25.8 Å². The number of aryl methyl sites for hydroxylation is 1. The van der Waals surface area contributed by atoms with Crippen LogP contribution in [0.3, 0.4) is 0 Å². The summed E-state index contributed by atoms with van der Waals surface area (Å²) in [4.78, 5) is 2.86. The lowest BCUT2D eigenvalue weighted by Gasteiger charge is -2.18. The molecule has 0 bridgehead atoms. The third-order valence-electron chi connectivity index (χ3n) is 3.47. The van der Waals surface area contributed by atoms with E-state index in [1.807, 2.05) is 12.1 Å². The number of anilines is 1. The summed E-state index contributed by atoms with van der Waals surface area (Å²) in [7, 11) is 2.19. The Labute approximate surface area is 114 Å². The van der Waals surface area contributed by atoms with Crippen LogP contribution < -0.4 is 11.1 Å². The van der Waals surface area contributed by atoms with Gasteiger partial charge in [-0.1, -0.05) is 24.4 Å². The van der Waals surface area contributed by atoms with Crippen LogP contribution in [0.15, 0.2) is 18.2 Å². The minimum atomic E-state index is 0.455. The molecule has 0 amide bonds. The first-order chi connectivity index (χ1) is 8.59. The fourth-order valence-electron chi connectivity index (χ4n) is 2.16. The SMILES string of the molecule is Cc1cccc(C(N)=S)c1NCCN(C)C1CC1. The molecule has 98 valence electrons. The highest BCUT2D eigenvalue weighted by atomic mass is 32.1. The summed E-state index contributed by atoms with van der Waals surface area (Å²) in [5.74, 6) is 0. The van der Waals surface area contributed by atoms with E-state index in [0.29, 0.717) is 4.99 Å². The summed E-state index contributed by atoms with van der Waals surface area (Å²) in [6.07, 6.45) is 2.69. The van der Waals surface area contributed by atoms with Gasteiger partial charge in [0.25, 0.3) is 0 Å². The third-order valence-corrected chi connectivity index (χ3v) is 3.69. The van der Waals surface area contributed by atoms with Gasteiger partial charge in [-0.25, -0.2) is 0 Å². The molecular weight excluding hydrogens is 242 g/mol. The lowest BCUT2D eigenvalue weighted by atomic mass is 10.1. The van der Waals surface area contributed by atoms with E-state index in [0.717, 1.165) is 30.4 Å². The monoisotopic (exact) mass is 263 g/mol. The van der Waals surface area contributed by atoms with Gasteiger partial charge in [-0.05, 0) is 38.4 Å². The predicted octanol–water partition coefficient (Wildman–Crippen LogP) is 2.14. The number of thiocarbonyl (C=S) groups is 1. The van der Waals surface area contributed by atoms with Crippen LogP contribution in [-0.2, 0) is 0 Å². The molecule has 2 rings (SSSR count). The highest BCUT2D eigenvalue weighted by Gasteiger charge is 2.25. The quantitative estimate of drug-likeness (QED) is 0.772. The van der Waals surface area contributed by atoms with E-state index in [4.69, 9.17) is 18.0 Å². The average molecular weight is 263 g/mol. The fraction of sp³-hybridized carbons (Fsp3) is 0.500. The zero-order valence-corrected chi connectivity index (χ0v) is 11.9. The maximum absolute atomic E-state index is 5.75. The number of nitrogens with zero attached hydrogens (tertiary/aromatic N) is 1. The molecule has 4 heteroatoms. The number of rotatable bonds is 6. The van der Waals surface area contributed by atoms with Gasteiger partial charge in [-0.15, -0.1) is 0 Å². The van der Waals surface area contributed by atoms with Crippen molar-refractivity contribution in [3.05, 3.63) is 29.3 Å². The van der Waals surface area contributed by atoms with Crippen LogP contribution in [0.2, 0.25) is 0 Å². The van der Waals surface area contributed by atoms with Crippen molar-refractivity contribution < 1.29 is 0 Å². The molecule has 0 radical (unpaired) electrons. The van der Waals surface area contributed by atoms with Gasteiger partial charge in [-0.2, -0.15) is 0 Å². The molecule has 0 saturated heterocycles. The molecular formula is C14H21N3S. The van der Waals surface area contributed by atoms with Gasteiger partial charge >= 0.3 is 0 Å². The van der Waals surface area contributed by atoms with Gasteiger partial charge in [0.2, 0.25) is 0 Å². The van der Waals surface area contributed by atoms with E-state index < -0.39 is 0 Å². The second-order valence-corrected chi connectivity index (χ2v) is 5.44. The highest BCUT2D eigenvalue weighted by Crippen LogP contribution is 2.25. The van der Waals surface area contributed by atoms with Crippen molar-refractivity contribution in [1.82, 2.24) is 4.90 Å². The molecule has 0 atom stereocenters. The smallest absolute Gasteiger partial charge is 0.106 e. The average Bonchev–Trinajstić information content (AvgIpc) is 3.14. The summed E-state index contributed by atoms with van der Waals surface area (Å²) < 4.78 is 0. The van der Waals surface area contributed by atoms with Crippen molar-refractivity contribution >= 4 is 22.9 Å². The van der Waals surface area contributed by atoms with E-state index in [1.54, 1.807) is 0 Å². The Kier molecular flexibility index (Phi) is 4.19. The Hall–Kier alpha value is -1.13. The Morgan fingerprint density at radius 1 is 1.50 bits per heavy atom. The van der Waals surface area contributed by atoms with Crippen LogP contribution in [0.5, 0.6) is 0 Å². The minimum Gasteiger partial charge on any atom is -0.389 e. The summed E-state index contributed by atoms with van der Waals surface area (Å²) in [5, 5.41) is 3.47. The van der Waals surface area contributed by atoms with Gasteiger partial charge in [0.05, 0.1) is 0 Å². The molecule has 1 aliphatic carbocycles. The molecule has 1 aromatic carbocycles. The van der Waals surface area contributed by atoms with Crippen molar-refractivity contribution in [3.63, 3.8) is 0 Å². The van der Waals surface area contributed by atoms with Crippen LogP contribution >= 0.6 is 12.2 Å². The number of nitrogens with two attached hydrogens (primary N) is 1. The van der Waals surface area contributed by atoms with Crippen LogP contribution in [0, 0.1) is 6.92 Å². The number of hydrogen-bond acceptors (Lipinski definition) is 3. The molecule has 0 spiro atoms. The van der Waals surface area contributed by atoms with Gasteiger partial charge in [0.1, 0.15) is 4.99 Å². The third kappa shape index (κ3) is 3.21. The normalized spacial score (nSPS) is 14.8. The summed E-state index contributed by atoms with van der Waals surface area (Å²) >= 11 is 5.09. The molecule has 0 aromatic heterocycles. The van der Waals surface area contributed by atoms with Crippen LogP contribution in [0.1, 0.15) is 24.0 Å². The van der Waals surface area contributed by atoms with E-state index in [9.17, 15) is 0 Å². The summed E-state index contributed by atoms with van der Waals surface area (Å²) in [5.41, 5.74) is 8.97. The topological polar surface area (TPSA) is 41.3 Å². The van der Waals surface area contributed by atoms with Crippen molar-refractivity contribution in [2.24, 2.45) is 5.73 Å². The first-order valence-electron chi connectivity index (χ1n) is 6.43. The predicted molar refractivity (Wildman–Crippen MR) is 81.2 cm³/mol. The molecule has 1 fully saturated rings. The van der Waals surface area contributed by atoms with Crippen molar-refractivity contribution in [1.29, 1.82) is 0 Å². The molecule has 0 unspecified atom stereocenters. The fourth-order valence-corrected chi connectivity index (χ4v) is 2.33. The summed E-state index contributed by atoms with van der Waals surface area (Å²) in [6, 6.07) is 6.85. The van der Waals surface area contributed by atoms with Gasteiger partial charge in [0, 0.05) is 30.4 Å². The second kappa shape index (κ2) is 5.67. The largest absolute Gasteiger partial charge is 0.389 e. The second-order valence-electron chi connectivity index (χ2n) is 5.00. The van der Waals surface area contributed by atoms with Crippen LogP contribution in [0.4, 0.5) is 5.69 Å². The number of hydrogen-bond donors (Lipinski definition) is 2. The van der Waals surface area contributed by atoms with Crippen LogP contribution in [0.25, 0.3) is 0 Å². The summed E-state index contributed by atoms with van der Waals surface area (Å²) in [6.45, 7) is 4.05. The minimum absolute atomic E-state index is 0.455. The van der Waals surface area contributed by atoms with Crippen molar-refractivity contribution in [2.75, 3.05) is 25.5 Å². The van der Waals surface area contributed by atoms with Gasteiger partial charge < -0.3 is 16.0 Å². The number of para-hydroxylation sites is 1. The molecule has 0 aliphatic heterocycles. The molecule has 18 heavy (non-hydrogen) atoms. The number of likely N-dealkylation sites (N-methyl/N-ethyl adjacent to an activating group) is 1. The molecule has 0 heterocycles. The van der Waals surface area contributed by atoms with Gasteiger partial charge in [-0.3, -0.25) is 0 Å². The first kappa shape index (κ1) is 13.3. The zero-order chi connectivity index (χ0) is 13.1. The number of nitrogens with one attached hydrogen (secondary N) is 1. The molecule has 3 N–H and O–H groups in total. The maximum Gasteiger partial charge on any atom is 0.106 e. The van der Waals surface area contributed by atoms with E-state index in [2.05, 4.69) is 30.3 Å². The van der Waals surface area contributed by atoms with Crippen LogP contribution in [-0.4, -0.2) is 36.1 Å². The first-order valence-corrected chi connectivity index (χ1v) is 6.84. The molecule has 3 nitrogen and oxygen atoms in total. The van der Waals surface area contributed by atoms with E-state index in [1.165, 1.54) is 18.4 Å². The standard InChI is InChI=1S/C14H21N3S/c1-10-4-3-5-12(14(15)18)13(10)16-8-9-17(2)11-6-7-11/h3-5,11,16H,6-9H2,1-2H3,(H2,15,18). The molecule has 1 aromatic rings. The highest BCUT2D eigenvalue weighted by molar-refractivity contribution is 7.80. The Morgan fingerprint density at radius 2 is 2.22 bits per heavy atom. The zero-order valence-electron chi connectivity index (χ0n) is 11.1. The van der Waals surface area contributed by atoms with E-state index in [-0.39, 0.29) is 0 Å². The maximum atomic E-state index is 5.75. The lowest BCUT2D eigenvalue weighted by molar-refractivity contribution is 0.337. The Bertz CT molecular complexity index is 441. The number of benzene rings is 1. The van der Waals surface area contributed by atoms with Gasteiger partial charge in [0.15, 0.2) is 0 Å². The Morgan fingerprint density at radius 3 is 2.83 bits per heavy atom. The molecule has 1 aliphatic rings. The van der Waals surface area contributed by atoms with Crippen molar-refractivity contribution in [3.8, 4) is 0 Å². The molecule has 1 saturated carbocycles. The Balaban J connectivity index is 1.97.